The highest BCUT2D eigenvalue weighted by molar-refractivity contribution is 5.80. The lowest BCUT2D eigenvalue weighted by Crippen LogP contribution is -2.40. The van der Waals surface area contributed by atoms with Gasteiger partial charge in [0.05, 0.1) is 25.1 Å². The molecular weight excluding hydrogens is 337 g/mol. The molecule has 0 spiro atoms. The van der Waals surface area contributed by atoms with E-state index < -0.39 is 23.8 Å². The Hall–Kier alpha value is -2.09. The van der Waals surface area contributed by atoms with E-state index >= 15 is 0 Å². The molecule has 0 aliphatic carbocycles. The van der Waals surface area contributed by atoms with Gasteiger partial charge in [0.1, 0.15) is 0 Å². The van der Waals surface area contributed by atoms with Crippen LogP contribution in [-0.4, -0.2) is 32.1 Å². The van der Waals surface area contributed by atoms with Crippen LogP contribution in [0, 0.1) is 5.92 Å². The van der Waals surface area contributed by atoms with E-state index in [1.54, 1.807) is 0 Å². The summed E-state index contributed by atoms with van der Waals surface area (Å²) in [6, 6.07) is 3.71. The Bertz CT molecular complexity index is 596. The van der Waals surface area contributed by atoms with Crippen molar-refractivity contribution in [3.05, 3.63) is 35.4 Å². The van der Waals surface area contributed by atoms with Crippen LogP contribution in [0.1, 0.15) is 36.4 Å². The van der Waals surface area contributed by atoms with Crippen LogP contribution in [0.25, 0.3) is 0 Å². The summed E-state index contributed by atoms with van der Waals surface area (Å²) in [5, 5.41) is 5.93. The van der Waals surface area contributed by atoms with Crippen LogP contribution in [0.3, 0.4) is 0 Å². The molecule has 0 bridgehead atoms. The molecule has 1 unspecified atom stereocenters. The molecule has 1 aliphatic rings. The van der Waals surface area contributed by atoms with E-state index in [0.29, 0.717) is 18.4 Å². The van der Waals surface area contributed by atoms with Gasteiger partial charge in [0.15, 0.2) is 0 Å². The standard InChI is InChI=1S/C17H21F3N2O3/c1-25-15(23)10-14(22-16(24)12-6-8-21-9-7-12)11-2-4-13(5-3-11)17(18,19)20/h2-5,12,14,21H,6-10H2,1H3,(H,22,24). The van der Waals surface area contributed by atoms with Gasteiger partial charge < -0.3 is 15.4 Å². The molecule has 1 heterocycles. The van der Waals surface area contributed by atoms with Crippen molar-refractivity contribution in [3.8, 4) is 0 Å². The molecule has 0 aromatic heterocycles. The van der Waals surface area contributed by atoms with Gasteiger partial charge in [0, 0.05) is 5.92 Å². The second-order valence-electron chi connectivity index (χ2n) is 5.99. The normalized spacial score (nSPS) is 17.0. The number of methoxy groups -OCH3 is 1. The summed E-state index contributed by atoms with van der Waals surface area (Å²) in [7, 11) is 1.22. The number of ether oxygens (including phenoxy) is 1. The predicted molar refractivity (Wildman–Crippen MR) is 84.6 cm³/mol. The maximum atomic E-state index is 12.7. The molecule has 0 saturated carbocycles. The maximum absolute atomic E-state index is 12.7. The van der Waals surface area contributed by atoms with Crippen LogP contribution in [0.4, 0.5) is 13.2 Å². The Morgan fingerprint density at radius 3 is 2.36 bits per heavy atom. The fourth-order valence-electron chi connectivity index (χ4n) is 2.78. The molecule has 1 atom stereocenters. The summed E-state index contributed by atoms with van der Waals surface area (Å²) in [6.45, 7) is 1.47. The van der Waals surface area contributed by atoms with E-state index in [1.807, 2.05) is 0 Å². The second kappa shape index (κ2) is 8.33. The summed E-state index contributed by atoms with van der Waals surface area (Å²) < 4.78 is 42.7. The van der Waals surface area contributed by atoms with Crippen molar-refractivity contribution in [2.24, 2.45) is 5.92 Å². The van der Waals surface area contributed by atoms with Gasteiger partial charge in [-0.15, -0.1) is 0 Å². The first kappa shape index (κ1) is 19.2. The van der Waals surface area contributed by atoms with Gasteiger partial charge in [-0.1, -0.05) is 12.1 Å². The van der Waals surface area contributed by atoms with Gasteiger partial charge in [-0.05, 0) is 43.6 Å². The molecule has 2 N–H and O–H groups in total. The van der Waals surface area contributed by atoms with E-state index in [4.69, 9.17) is 0 Å². The van der Waals surface area contributed by atoms with E-state index in [9.17, 15) is 22.8 Å². The molecule has 8 heteroatoms. The lowest BCUT2D eigenvalue weighted by Gasteiger charge is -2.25. The number of carbonyl (C=O) groups is 2. The molecule has 1 saturated heterocycles. The summed E-state index contributed by atoms with van der Waals surface area (Å²) in [6.07, 6.45) is -3.21. The largest absolute Gasteiger partial charge is 0.469 e. The van der Waals surface area contributed by atoms with Crippen molar-refractivity contribution in [1.29, 1.82) is 0 Å². The Morgan fingerprint density at radius 1 is 1.24 bits per heavy atom. The summed E-state index contributed by atoms with van der Waals surface area (Å²) >= 11 is 0. The smallest absolute Gasteiger partial charge is 0.416 e. The number of piperidine rings is 1. The van der Waals surface area contributed by atoms with Crippen LogP contribution in [0.15, 0.2) is 24.3 Å². The first-order chi connectivity index (χ1) is 11.8. The zero-order valence-corrected chi connectivity index (χ0v) is 13.9. The highest BCUT2D eigenvalue weighted by Gasteiger charge is 2.31. The minimum absolute atomic E-state index is 0.140. The van der Waals surface area contributed by atoms with Gasteiger partial charge in [0.2, 0.25) is 5.91 Å². The molecule has 5 nitrogen and oxygen atoms in total. The number of nitrogens with one attached hydrogen (secondary N) is 2. The quantitative estimate of drug-likeness (QED) is 0.794. The van der Waals surface area contributed by atoms with Crippen molar-refractivity contribution in [1.82, 2.24) is 10.6 Å². The first-order valence-electron chi connectivity index (χ1n) is 8.06. The lowest BCUT2D eigenvalue weighted by molar-refractivity contribution is -0.141. The second-order valence-corrected chi connectivity index (χ2v) is 5.99. The monoisotopic (exact) mass is 358 g/mol. The lowest BCUT2D eigenvalue weighted by atomic mass is 9.95. The Labute approximate surface area is 143 Å². The third-order valence-electron chi connectivity index (χ3n) is 4.27. The van der Waals surface area contributed by atoms with Crippen LogP contribution >= 0.6 is 0 Å². The van der Waals surface area contributed by atoms with Gasteiger partial charge >= 0.3 is 12.1 Å². The van der Waals surface area contributed by atoms with E-state index in [2.05, 4.69) is 15.4 Å². The topological polar surface area (TPSA) is 67.4 Å². The number of benzene rings is 1. The minimum Gasteiger partial charge on any atom is -0.469 e. The molecule has 1 fully saturated rings. The number of alkyl halides is 3. The average molecular weight is 358 g/mol. The predicted octanol–water partition coefficient (Wildman–Crippen LogP) is 2.43. The fourth-order valence-corrected chi connectivity index (χ4v) is 2.78. The number of carbonyl (C=O) groups excluding carboxylic acids is 2. The zero-order valence-electron chi connectivity index (χ0n) is 13.9. The van der Waals surface area contributed by atoms with Gasteiger partial charge in [-0.3, -0.25) is 9.59 Å². The Morgan fingerprint density at radius 2 is 1.84 bits per heavy atom. The fraction of sp³-hybridized carbons (Fsp3) is 0.529. The number of hydrogen-bond acceptors (Lipinski definition) is 4. The highest BCUT2D eigenvalue weighted by Crippen LogP contribution is 2.30. The van der Waals surface area contributed by atoms with Crippen molar-refractivity contribution >= 4 is 11.9 Å². The van der Waals surface area contributed by atoms with E-state index in [-0.39, 0.29) is 18.2 Å². The third-order valence-corrected chi connectivity index (χ3v) is 4.27. The number of amides is 1. The van der Waals surface area contributed by atoms with Gasteiger partial charge in [-0.25, -0.2) is 0 Å². The number of esters is 1. The van der Waals surface area contributed by atoms with Crippen LogP contribution in [-0.2, 0) is 20.5 Å². The van der Waals surface area contributed by atoms with Crippen LogP contribution in [0.2, 0.25) is 0 Å². The van der Waals surface area contributed by atoms with Crippen molar-refractivity contribution in [3.63, 3.8) is 0 Å². The van der Waals surface area contributed by atoms with Gasteiger partial charge in [-0.2, -0.15) is 13.2 Å². The van der Waals surface area contributed by atoms with E-state index in [0.717, 1.165) is 25.2 Å². The van der Waals surface area contributed by atoms with Crippen molar-refractivity contribution in [2.75, 3.05) is 20.2 Å². The average Bonchev–Trinajstić information content (AvgIpc) is 2.61. The zero-order chi connectivity index (χ0) is 18.4. The molecule has 1 amide bonds. The van der Waals surface area contributed by atoms with Crippen molar-refractivity contribution < 1.29 is 27.5 Å². The van der Waals surface area contributed by atoms with Crippen LogP contribution in [0.5, 0.6) is 0 Å². The van der Waals surface area contributed by atoms with Crippen LogP contribution < -0.4 is 10.6 Å². The maximum Gasteiger partial charge on any atom is 0.416 e. The third kappa shape index (κ3) is 5.45. The number of halogens is 3. The first-order valence-corrected chi connectivity index (χ1v) is 8.06. The van der Waals surface area contributed by atoms with Gasteiger partial charge in [0.25, 0.3) is 0 Å². The Kier molecular flexibility index (Phi) is 6.41. The molecule has 1 aromatic rings. The SMILES string of the molecule is COC(=O)CC(NC(=O)C1CCNCC1)c1ccc(C(F)(F)F)cc1. The summed E-state index contributed by atoms with van der Waals surface area (Å²) in [5.41, 5.74) is -0.349. The number of hydrogen-bond donors (Lipinski definition) is 2. The molecular formula is C17H21F3N2O3. The molecule has 2 rings (SSSR count). The summed E-state index contributed by atoms with van der Waals surface area (Å²) in [4.78, 5) is 24.0. The Balaban J connectivity index is 2.14. The molecule has 25 heavy (non-hydrogen) atoms. The van der Waals surface area contributed by atoms with E-state index in [1.165, 1.54) is 19.2 Å². The number of rotatable bonds is 5. The molecule has 0 radical (unpaired) electrons. The molecule has 1 aromatic carbocycles. The molecule has 1 aliphatic heterocycles. The molecule has 138 valence electrons. The highest BCUT2D eigenvalue weighted by atomic mass is 19.4. The minimum atomic E-state index is -4.44. The van der Waals surface area contributed by atoms with Crippen molar-refractivity contribution in [2.45, 2.75) is 31.5 Å². The summed E-state index contributed by atoms with van der Waals surface area (Å²) in [5.74, 6) is -0.915.